The third kappa shape index (κ3) is 5.27. The lowest BCUT2D eigenvalue weighted by molar-refractivity contribution is 0.193. The quantitative estimate of drug-likeness (QED) is 0.666. The zero-order valence-corrected chi connectivity index (χ0v) is 12.8. The average Bonchev–Trinajstić information content (AvgIpc) is 2.46. The van der Waals surface area contributed by atoms with Gasteiger partial charge in [-0.3, -0.25) is 0 Å². The Bertz CT molecular complexity index is 370. The summed E-state index contributed by atoms with van der Waals surface area (Å²) < 4.78 is 21.4. The first kappa shape index (κ1) is 16.6. The Morgan fingerprint density at radius 1 is 0.950 bits per heavy atom. The van der Waals surface area contributed by atoms with Crippen LogP contribution in [0.1, 0.15) is 12.0 Å². The molecule has 0 bridgehead atoms. The van der Waals surface area contributed by atoms with Gasteiger partial charge >= 0.3 is 0 Å². The molecule has 114 valence electrons. The van der Waals surface area contributed by atoms with Crippen molar-refractivity contribution in [1.82, 2.24) is 5.32 Å². The fourth-order valence-electron chi connectivity index (χ4n) is 1.85. The summed E-state index contributed by atoms with van der Waals surface area (Å²) >= 11 is 0. The molecule has 5 heteroatoms. The van der Waals surface area contributed by atoms with E-state index in [4.69, 9.17) is 18.9 Å². The third-order valence-corrected chi connectivity index (χ3v) is 2.83. The van der Waals surface area contributed by atoms with Gasteiger partial charge in [0.05, 0.1) is 14.2 Å². The average molecular weight is 283 g/mol. The van der Waals surface area contributed by atoms with E-state index in [0.29, 0.717) is 23.9 Å². The van der Waals surface area contributed by atoms with E-state index in [1.54, 1.807) is 21.3 Å². The number of rotatable bonds is 10. The Morgan fingerprint density at radius 2 is 1.60 bits per heavy atom. The number of benzene rings is 1. The van der Waals surface area contributed by atoms with Crippen LogP contribution in [-0.2, 0) is 4.74 Å². The molecule has 0 unspecified atom stereocenters. The third-order valence-electron chi connectivity index (χ3n) is 2.83. The Labute approximate surface area is 121 Å². The molecule has 0 aliphatic heterocycles. The Morgan fingerprint density at radius 3 is 2.15 bits per heavy atom. The minimum Gasteiger partial charge on any atom is -0.493 e. The highest BCUT2D eigenvalue weighted by atomic mass is 16.5. The lowest BCUT2D eigenvalue weighted by Gasteiger charge is -2.15. The second-order valence-corrected chi connectivity index (χ2v) is 4.44. The summed E-state index contributed by atoms with van der Waals surface area (Å²) in [5, 5.41) is 3.29. The summed E-state index contributed by atoms with van der Waals surface area (Å²) in [6.07, 6.45) is 0.994. The Balaban J connectivity index is 2.46. The highest BCUT2D eigenvalue weighted by Crippen LogP contribution is 2.38. The van der Waals surface area contributed by atoms with Crippen LogP contribution in [0.2, 0.25) is 0 Å². The minimum atomic E-state index is 0.558. The van der Waals surface area contributed by atoms with Gasteiger partial charge in [0.2, 0.25) is 5.75 Å². The number of ether oxygens (including phenoxy) is 4. The predicted molar refractivity (Wildman–Crippen MR) is 79.1 cm³/mol. The maximum absolute atomic E-state index is 5.77. The highest BCUT2D eigenvalue weighted by molar-refractivity contribution is 5.53. The van der Waals surface area contributed by atoms with Gasteiger partial charge in [-0.2, -0.15) is 0 Å². The zero-order chi connectivity index (χ0) is 14.8. The SMILES string of the molecule is COCCCNCCOc1c(OC)cc(C)cc1OC. The normalized spacial score (nSPS) is 10.4. The van der Waals surface area contributed by atoms with Crippen molar-refractivity contribution < 1.29 is 18.9 Å². The first-order valence-electron chi connectivity index (χ1n) is 6.78. The number of hydrogen-bond donors (Lipinski definition) is 1. The maximum Gasteiger partial charge on any atom is 0.203 e. The predicted octanol–water partition coefficient (Wildman–Crippen LogP) is 2.02. The van der Waals surface area contributed by atoms with E-state index in [-0.39, 0.29) is 0 Å². The second kappa shape index (κ2) is 9.44. The zero-order valence-electron chi connectivity index (χ0n) is 12.8. The van der Waals surface area contributed by atoms with Crippen LogP contribution in [0, 0.1) is 6.92 Å². The molecule has 1 aromatic carbocycles. The molecule has 0 saturated heterocycles. The summed E-state index contributed by atoms with van der Waals surface area (Å²) in [5.41, 5.74) is 1.07. The first-order valence-corrected chi connectivity index (χ1v) is 6.78. The molecule has 0 spiro atoms. The van der Waals surface area contributed by atoms with Crippen LogP contribution in [0.5, 0.6) is 17.2 Å². The van der Waals surface area contributed by atoms with Crippen molar-refractivity contribution in [3.05, 3.63) is 17.7 Å². The topological polar surface area (TPSA) is 49.0 Å². The van der Waals surface area contributed by atoms with Crippen molar-refractivity contribution in [1.29, 1.82) is 0 Å². The van der Waals surface area contributed by atoms with Gasteiger partial charge in [0, 0.05) is 20.3 Å². The van der Waals surface area contributed by atoms with Crippen LogP contribution in [0.25, 0.3) is 0 Å². The molecule has 1 aromatic rings. The molecule has 0 saturated carbocycles. The number of nitrogens with one attached hydrogen (secondary N) is 1. The highest BCUT2D eigenvalue weighted by Gasteiger charge is 2.12. The number of aryl methyl sites for hydroxylation is 1. The Kier molecular flexibility index (Phi) is 7.84. The molecule has 1 N–H and O–H groups in total. The lowest BCUT2D eigenvalue weighted by atomic mass is 10.2. The largest absolute Gasteiger partial charge is 0.493 e. The molecular formula is C15H25NO4. The van der Waals surface area contributed by atoms with Crippen LogP contribution < -0.4 is 19.5 Å². The van der Waals surface area contributed by atoms with E-state index in [0.717, 1.165) is 31.7 Å². The van der Waals surface area contributed by atoms with Gasteiger partial charge in [-0.05, 0) is 37.6 Å². The minimum absolute atomic E-state index is 0.558. The molecule has 0 atom stereocenters. The van der Waals surface area contributed by atoms with Gasteiger partial charge in [0.15, 0.2) is 11.5 Å². The van der Waals surface area contributed by atoms with E-state index in [2.05, 4.69) is 5.32 Å². The summed E-state index contributed by atoms with van der Waals surface area (Å²) in [5.74, 6) is 2.04. The van der Waals surface area contributed by atoms with Crippen molar-refractivity contribution in [2.75, 3.05) is 47.6 Å². The Hall–Kier alpha value is -1.46. The van der Waals surface area contributed by atoms with Gasteiger partial charge in [0.1, 0.15) is 6.61 Å². The van der Waals surface area contributed by atoms with Crippen LogP contribution >= 0.6 is 0 Å². The van der Waals surface area contributed by atoms with Crippen LogP contribution in [0.4, 0.5) is 0 Å². The molecule has 0 radical (unpaired) electrons. The molecule has 0 fully saturated rings. The lowest BCUT2D eigenvalue weighted by Crippen LogP contribution is -2.23. The van der Waals surface area contributed by atoms with E-state index >= 15 is 0 Å². The van der Waals surface area contributed by atoms with Crippen molar-refractivity contribution in [3.63, 3.8) is 0 Å². The standard InChI is InChI=1S/C15H25NO4/c1-12-10-13(18-3)15(14(11-12)19-4)20-9-7-16-6-5-8-17-2/h10-11,16H,5-9H2,1-4H3. The molecular weight excluding hydrogens is 258 g/mol. The molecule has 0 heterocycles. The smallest absolute Gasteiger partial charge is 0.203 e. The molecule has 5 nitrogen and oxygen atoms in total. The van der Waals surface area contributed by atoms with Gasteiger partial charge < -0.3 is 24.3 Å². The van der Waals surface area contributed by atoms with E-state index < -0.39 is 0 Å². The van der Waals surface area contributed by atoms with Crippen molar-refractivity contribution >= 4 is 0 Å². The van der Waals surface area contributed by atoms with Gasteiger partial charge in [-0.15, -0.1) is 0 Å². The van der Waals surface area contributed by atoms with Gasteiger partial charge in [0.25, 0.3) is 0 Å². The maximum atomic E-state index is 5.77. The second-order valence-electron chi connectivity index (χ2n) is 4.44. The van der Waals surface area contributed by atoms with Gasteiger partial charge in [-0.1, -0.05) is 0 Å². The summed E-state index contributed by atoms with van der Waals surface area (Å²) in [7, 11) is 4.97. The number of hydrogen-bond acceptors (Lipinski definition) is 5. The van der Waals surface area contributed by atoms with Crippen molar-refractivity contribution in [2.45, 2.75) is 13.3 Å². The van der Waals surface area contributed by atoms with Crippen LogP contribution in [-0.4, -0.2) is 47.6 Å². The summed E-state index contributed by atoms with van der Waals surface area (Å²) in [6, 6.07) is 3.87. The molecule has 0 aliphatic rings. The molecule has 20 heavy (non-hydrogen) atoms. The fourth-order valence-corrected chi connectivity index (χ4v) is 1.85. The summed E-state index contributed by atoms with van der Waals surface area (Å²) in [4.78, 5) is 0. The summed E-state index contributed by atoms with van der Waals surface area (Å²) in [6.45, 7) is 5.01. The molecule has 0 aliphatic carbocycles. The molecule has 0 amide bonds. The van der Waals surface area contributed by atoms with Gasteiger partial charge in [-0.25, -0.2) is 0 Å². The first-order chi connectivity index (χ1) is 9.72. The monoisotopic (exact) mass is 283 g/mol. The van der Waals surface area contributed by atoms with E-state index in [1.807, 2.05) is 19.1 Å². The van der Waals surface area contributed by atoms with Crippen LogP contribution in [0.3, 0.4) is 0 Å². The van der Waals surface area contributed by atoms with E-state index in [1.165, 1.54) is 0 Å². The van der Waals surface area contributed by atoms with Crippen LogP contribution in [0.15, 0.2) is 12.1 Å². The van der Waals surface area contributed by atoms with E-state index in [9.17, 15) is 0 Å². The van der Waals surface area contributed by atoms with Crippen molar-refractivity contribution in [3.8, 4) is 17.2 Å². The molecule has 0 aromatic heterocycles. The number of methoxy groups -OCH3 is 3. The molecule has 1 rings (SSSR count). The fraction of sp³-hybridized carbons (Fsp3) is 0.600. The van der Waals surface area contributed by atoms with Crippen molar-refractivity contribution in [2.24, 2.45) is 0 Å².